The van der Waals surface area contributed by atoms with Gasteiger partial charge >= 0.3 is 0 Å². The van der Waals surface area contributed by atoms with E-state index < -0.39 is 0 Å². The average Bonchev–Trinajstić information content (AvgIpc) is 2.77. The fraction of sp³-hybridized carbons (Fsp3) is 0.308. The summed E-state index contributed by atoms with van der Waals surface area (Å²) in [6, 6.07) is 5.83. The highest BCUT2D eigenvalue weighted by Crippen LogP contribution is 2.25. The van der Waals surface area contributed by atoms with Gasteiger partial charge in [0.15, 0.2) is 0 Å². The maximum absolute atomic E-state index is 11.3. The summed E-state index contributed by atoms with van der Waals surface area (Å²) in [4.78, 5) is 15.5. The van der Waals surface area contributed by atoms with Gasteiger partial charge in [0.05, 0.1) is 5.92 Å². The molecule has 0 bridgehead atoms. The second-order valence-electron chi connectivity index (χ2n) is 4.25. The number of Topliss-reactive ketones (excluding diaryl/α,β-unsaturated/α-hetero) is 1. The zero-order chi connectivity index (χ0) is 13.3. The minimum atomic E-state index is -0.359. The van der Waals surface area contributed by atoms with E-state index >= 15 is 0 Å². The molecule has 0 aliphatic heterocycles. The van der Waals surface area contributed by atoms with E-state index in [1.165, 1.54) is 6.92 Å². The molecule has 0 spiro atoms. The predicted octanol–water partition coefficient (Wildman–Crippen LogP) is 3.50. The number of halogens is 1. The second kappa shape index (κ2) is 5.02. The topological polar surface area (TPSA) is 56.0 Å². The van der Waals surface area contributed by atoms with Crippen LogP contribution in [0.3, 0.4) is 0 Å². The number of nitrogens with zero attached hydrogens (tertiary/aromatic N) is 2. The molecule has 0 saturated carbocycles. The Kier molecular flexibility index (Phi) is 3.61. The Morgan fingerprint density at radius 2 is 2.17 bits per heavy atom. The van der Waals surface area contributed by atoms with Crippen LogP contribution in [0.4, 0.5) is 0 Å². The van der Waals surface area contributed by atoms with Gasteiger partial charge in [0.25, 0.3) is 0 Å². The number of rotatable bonds is 3. The fourth-order valence-corrected chi connectivity index (χ4v) is 2.05. The highest BCUT2D eigenvalue weighted by Gasteiger charge is 2.19. The maximum Gasteiger partial charge on any atom is 0.237 e. The van der Waals surface area contributed by atoms with Crippen LogP contribution >= 0.6 is 15.9 Å². The molecule has 2 rings (SSSR count). The molecule has 0 aliphatic rings. The molecule has 4 nitrogen and oxygen atoms in total. The van der Waals surface area contributed by atoms with Crippen molar-refractivity contribution in [2.75, 3.05) is 0 Å². The molecule has 94 valence electrons. The number of carbonyl (C=O) groups excluding carboxylic acids is 1. The van der Waals surface area contributed by atoms with E-state index in [2.05, 4.69) is 26.1 Å². The van der Waals surface area contributed by atoms with Crippen molar-refractivity contribution in [2.45, 2.75) is 26.7 Å². The molecule has 1 heterocycles. The molecule has 0 saturated heterocycles. The number of aromatic nitrogens is 2. The van der Waals surface area contributed by atoms with Crippen LogP contribution in [-0.4, -0.2) is 15.9 Å². The van der Waals surface area contributed by atoms with E-state index in [0.717, 1.165) is 15.6 Å². The molecule has 18 heavy (non-hydrogen) atoms. The minimum Gasteiger partial charge on any atom is -0.338 e. The van der Waals surface area contributed by atoms with Gasteiger partial charge in [-0.2, -0.15) is 4.98 Å². The van der Waals surface area contributed by atoms with Gasteiger partial charge < -0.3 is 4.52 Å². The summed E-state index contributed by atoms with van der Waals surface area (Å²) in [7, 11) is 0. The number of ketones is 1. The molecular formula is C13H13BrN2O2. The average molecular weight is 309 g/mol. The molecule has 0 N–H and O–H groups in total. The summed E-state index contributed by atoms with van der Waals surface area (Å²) < 4.78 is 6.14. The van der Waals surface area contributed by atoms with Crippen molar-refractivity contribution >= 4 is 21.7 Å². The minimum absolute atomic E-state index is 0.0118. The molecule has 5 heteroatoms. The molecule has 2 aromatic rings. The summed E-state index contributed by atoms with van der Waals surface area (Å²) in [5.41, 5.74) is 1.95. The van der Waals surface area contributed by atoms with Gasteiger partial charge in [0.1, 0.15) is 5.78 Å². The molecule has 0 fully saturated rings. The fourth-order valence-electron chi connectivity index (χ4n) is 1.57. The molecule has 1 aromatic carbocycles. The third-order valence-corrected chi connectivity index (χ3v) is 3.34. The van der Waals surface area contributed by atoms with E-state index in [4.69, 9.17) is 4.52 Å². The first-order valence-electron chi connectivity index (χ1n) is 5.59. The van der Waals surface area contributed by atoms with Crippen molar-refractivity contribution in [2.24, 2.45) is 0 Å². The van der Waals surface area contributed by atoms with Crippen molar-refractivity contribution in [1.82, 2.24) is 10.1 Å². The maximum atomic E-state index is 11.3. The van der Waals surface area contributed by atoms with Gasteiger partial charge in [0.2, 0.25) is 11.7 Å². The Bertz CT molecular complexity index is 592. The number of hydrogen-bond donors (Lipinski definition) is 0. The van der Waals surface area contributed by atoms with Crippen LogP contribution in [0.15, 0.2) is 27.2 Å². The number of carbonyl (C=O) groups is 1. The van der Waals surface area contributed by atoms with Crippen LogP contribution in [0.1, 0.15) is 31.2 Å². The summed E-state index contributed by atoms with van der Waals surface area (Å²) in [6.45, 7) is 5.25. The van der Waals surface area contributed by atoms with Gasteiger partial charge in [-0.05, 0) is 44.5 Å². The smallest absolute Gasteiger partial charge is 0.237 e. The standard InChI is InChI=1S/C13H13BrN2O2/c1-7-6-10(14)4-5-11(7)12-15-13(18-16-12)8(2)9(3)17/h4-6,8H,1-3H3. The quantitative estimate of drug-likeness (QED) is 0.870. The number of aryl methyl sites for hydroxylation is 1. The van der Waals surface area contributed by atoms with Gasteiger partial charge in [-0.25, -0.2) is 0 Å². The van der Waals surface area contributed by atoms with Crippen molar-refractivity contribution in [3.63, 3.8) is 0 Å². The molecule has 1 atom stereocenters. The van der Waals surface area contributed by atoms with E-state index in [1.54, 1.807) is 6.92 Å². The Hall–Kier alpha value is -1.49. The van der Waals surface area contributed by atoms with Crippen molar-refractivity contribution in [3.8, 4) is 11.4 Å². The Labute approximate surface area is 114 Å². The van der Waals surface area contributed by atoms with Crippen LogP contribution < -0.4 is 0 Å². The molecule has 1 unspecified atom stereocenters. The van der Waals surface area contributed by atoms with Crippen LogP contribution in [0, 0.1) is 6.92 Å². The predicted molar refractivity (Wildman–Crippen MR) is 71.3 cm³/mol. The number of hydrogen-bond acceptors (Lipinski definition) is 4. The largest absolute Gasteiger partial charge is 0.338 e. The van der Waals surface area contributed by atoms with Gasteiger partial charge in [-0.15, -0.1) is 0 Å². The first-order valence-corrected chi connectivity index (χ1v) is 6.39. The molecule has 0 radical (unpaired) electrons. The number of benzene rings is 1. The van der Waals surface area contributed by atoms with Crippen molar-refractivity contribution < 1.29 is 9.32 Å². The van der Waals surface area contributed by atoms with E-state index in [-0.39, 0.29) is 11.7 Å². The monoisotopic (exact) mass is 308 g/mol. The zero-order valence-corrected chi connectivity index (χ0v) is 12.0. The third kappa shape index (κ3) is 2.51. The van der Waals surface area contributed by atoms with Crippen LogP contribution in [0.2, 0.25) is 0 Å². The highest BCUT2D eigenvalue weighted by molar-refractivity contribution is 9.10. The van der Waals surface area contributed by atoms with Gasteiger partial charge in [-0.1, -0.05) is 21.1 Å². The molecule has 1 aromatic heterocycles. The van der Waals surface area contributed by atoms with Crippen molar-refractivity contribution in [1.29, 1.82) is 0 Å². The Balaban J connectivity index is 2.38. The Morgan fingerprint density at radius 1 is 1.44 bits per heavy atom. The summed E-state index contributed by atoms with van der Waals surface area (Å²) in [5, 5.41) is 3.93. The summed E-state index contributed by atoms with van der Waals surface area (Å²) in [5.74, 6) is 0.530. The second-order valence-corrected chi connectivity index (χ2v) is 5.16. The molecule has 0 amide bonds. The lowest BCUT2D eigenvalue weighted by molar-refractivity contribution is -0.118. The van der Waals surface area contributed by atoms with Gasteiger partial charge in [0, 0.05) is 10.0 Å². The summed E-state index contributed by atoms with van der Waals surface area (Å²) in [6.07, 6.45) is 0. The third-order valence-electron chi connectivity index (χ3n) is 2.85. The first-order chi connectivity index (χ1) is 8.49. The summed E-state index contributed by atoms with van der Waals surface area (Å²) >= 11 is 3.41. The van der Waals surface area contributed by atoms with Gasteiger partial charge in [-0.3, -0.25) is 4.79 Å². The van der Waals surface area contributed by atoms with Crippen LogP contribution in [0.25, 0.3) is 11.4 Å². The Morgan fingerprint density at radius 3 is 2.78 bits per heavy atom. The van der Waals surface area contributed by atoms with Crippen LogP contribution in [-0.2, 0) is 4.79 Å². The van der Waals surface area contributed by atoms with E-state index in [1.807, 2.05) is 25.1 Å². The van der Waals surface area contributed by atoms with Crippen LogP contribution in [0.5, 0.6) is 0 Å². The normalized spacial score (nSPS) is 12.4. The molecule has 0 aliphatic carbocycles. The lowest BCUT2D eigenvalue weighted by Crippen LogP contribution is -2.04. The molecular weight excluding hydrogens is 296 g/mol. The van der Waals surface area contributed by atoms with E-state index in [0.29, 0.717) is 11.7 Å². The first kappa shape index (κ1) is 13.0. The highest BCUT2D eigenvalue weighted by atomic mass is 79.9. The lowest BCUT2D eigenvalue weighted by atomic mass is 10.1. The SMILES string of the molecule is CC(=O)C(C)c1nc(-c2ccc(Br)cc2C)no1. The lowest BCUT2D eigenvalue weighted by Gasteiger charge is -2.01. The van der Waals surface area contributed by atoms with E-state index in [9.17, 15) is 4.79 Å². The van der Waals surface area contributed by atoms with Crippen molar-refractivity contribution in [3.05, 3.63) is 34.1 Å². The zero-order valence-electron chi connectivity index (χ0n) is 10.4.